The number of hydrogen-bond acceptors (Lipinski definition) is 6. The van der Waals surface area contributed by atoms with Crippen LogP contribution in [0.2, 0.25) is 0 Å². The van der Waals surface area contributed by atoms with Gasteiger partial charge in [-0.15, -0.1) is 0 Å². The van der Waals surface area contributed by atoms with Gasteiger partial charge in [0, 0.05) is 24.1 Å². The van der Waals surface area contributed by atoms with Crippen LogP contribution in [0.15, 0.2) is 66.6 Å². The van der Waals surface area contributed by atoms with Crippen LogP contribution in [0.3, 0.4) is 0 Å². The van der Waals surface area contributed by atoms with Gasteiger partial charge in [0.15, 0.2) is 11.5 Å². The lowest BCUT2D eigenvalue weighted by Gasteiger charge is -2.15. The van der Waals surface area contributed by atoms with Crippen molar-refractivity contribution in [2.75, 3.05) is 12.1 Å². The summed E-state index contributed by atoms with van der Waals surface area (Å²) in [6.07, 6.45) is 3.31. The summed E-state index contributed by atoms with van der Waals surface area (Å²) in [4.78, 5) is 32.2. The van der Waals surface area contributed by atoms with Crippen molar-refractivity contribution in [2.24, 2.45) is 0 Å². The second kappa shape index (κ2) is 7.85. The highest BCUT2D eigenvalue weighted by Gasteiger charge is 2.39. The molecule has 3 heterocycles. The molecular weight excluding hydrogens is 406 g/mol. The Hall–Kier alpha value is -4.13. The first-order valence-corrected chi connectivity index (χ1v) is 10.2. The Labute approximate surface area is 185 Å². The summed E-state index contributed by atoms with van der Waals surface area (Å²) in [6, 6.07) is 14.7. The summed E-state index contributed by atoms with van der Waals surface area (Å²) in [5, 5.41) is 3.17. The molecule has 2 aliphatic heterocycles. The van der Waals surface area contributed by atoms with Crippen LogP contribution in [0, 0.1) is 13.8 Å². The maximum atomic E-state index is 13.4. The van der Waals surface area contributed by atoms with E-state index in [0.717, 1.165) is 16.7 Å². The number of ether oxygens (including phenoxy) is 2. The largest absolute Gasteiger partial charge is 0.454 e. The van der Waals surface area contributed by atoms with E-state index in [0.29, 0.717) is 28.3 Å². The average molecular weight is 427 g/mol. The van der Waals surface area contributed by atoms with Gasteiger partial charge in [-0.3, -0.25) is 19.5 Å². The number of fused-ring (bicyclic) bond motifs is 1. The fourth-order valence-corrected chi connectivity index (χ4v) is 3.79. The van der Waals surface area contributed by atoms with Crippen molar-refractivity contribution in [3.05, 3.63) is 88.9 Å². The van der Waals surface area contributed by atoms with Crippen LogP contribution in [0.1, 0.15) is 22.3 Å². The number of rotatable bonds is 5. The van der Waals surface area contributed by atoms with E-state index in [1.807, 2.05) is 38.1 Å². The van der Waals surface area contributed by atoms with E-state index in [-0.39, 0.29) is 30.8 Å². The number of carbonyl (C=O) groups is 2. The van der Waals surface area contributed by atoms with Gasteiger partial charge in [0.2, 0.25) is 6.79 Å². The van der Waals surface area contributed by atoms with Gasteiger partial charge < -0.3 is 14.8 Å². The van der Waals surface area contributed by atoms with Crippen molar-refractivity contribution < 1.29 is 19.1 Å². The van der Waals surface area contributed by atoms with E-state index in [4.69, 9.17) is 9.47 Å². The van der Waals surface area contributed by atoms with Crippen LogP contribution >= 0.6 is 0 Å². The molecule has 5 rings (SSSR count). The highest BCUT2D eigenvalue weighted by Crippen LogP contribution is 2.37. The number of amides is 2. The first-order valence-electron chi connectivity index (χ1n) is 10.2. The van der Waals surface area contributed by atoms with Gasteiger partial charge in [0.1, 0.15) is 5.70 Å². The van der Waals surface area contributed by atoms with Crippen molar-refractivity contribution in [3.63, 3.8) is 0 Å². The molecule has 1 N–H and O–H groups in total. The Bertz CT molecular complexity index is 1270. The molecule has 0 radical (unpaired) electrons. The van der Waals surface area contributed by atoms with Gasteiger partial charge in [0.05, 0.1) is 12.1 Å². The molecule has 32 heavy (non-hydrogen) atoms. The molecule has 0 bridgehead atoms. The zero-order valence-corrected chi connectivity index (χ0v) is 17.7. The first kappa shape index (κ1) is 19.8. The smallest absolute Gasteiger partial charge is 0.278 e. The van der Waals surface area contributed by atoms with E-state index in [1.54, 1.807) is 36.7 Å². The Morgan fingerprint density at radius 1 is 0.969 bits per heavy atom. The molecule has 2 aliphatic rings. The third kappa shape index (κ3) is 3.47. The van der Waals surface area contributed by atoms with E-state index >= 15 is 0 Å². The molecule has 2 amide bonds. The summed E-state index contributed by atoms with van der Waals surface area (Å²) in [5.41, 5.74) is 4.85. The van der Waals surface area contributed by atoms with Gasteiger partial charge in [-0.1, -0.05) is 24.3 Å². The summed E-state index contributed by atoms with van der Waals surface area (Å²) < 4.78 is 10.8. The number of aromatic nitrogens is 1. The Kier molecular flexibility index (Phi) is 4.86. The molecule has 7 nitrogen and oxygen atoms in total. The van der Waals surface area contributed by atoms with Crippen LogP contribution < -0.4 is 14.8 Å². The standard InChI is InChI=1S/C25H21N3O4/c1-15-5-6-18(10-16(15)2)22-23(27-19-7-8-20-21(11-19)32-14-31-20)25(30)28(24(22)29)13-17-4-3-9-26-12-17/h3-12,27H,13-14H2,1-2H3. The fraction of sp³-hybridized carbons (Fsp3) is 0.160. The van der Waals surface area contributed by atoms with Crippen LogP contribution in [0.25, 0.3) is 5.57 Å². The number of nitrogens with zero attached hydrogens (tertiary/aromatic N) is 2. The Morgan fingerprint density at radius 2 is 1.81 bits per heavy atom. The molecule has 0 aliphatic carbocycles. The molecular formula is C25H21N3O4. The quantitative estimate of drug-likeness (QED) is 0.624. The van der Waals surface area contributed by atoms with E-state index in [2.05, 4.69) is 10.3 Å². The molecule has 0 fully saturated rings. The molecule has 0 spiro atoms. The number of nitrogens with one attached hydrogen (secondary N) is 1. The second-order valence-corrected chi connectivity index (χ2v) is 7.80. The predicted molar refractivity (Wildman–Crippen MR) is 119 cm³/mol. The molecule has 2 aromatic carbocycles. The van der Waals surface area contributed by atoms with Crippen molar-refractivity contribution in [2.45, 2.75) is 20.4 Å². The van der Waals surface area contributed by atoms with Crippen molar-refractivity contribution in [1.82, 2.24) is 9.88 Å². The topological polar surface area (TPSA) is 80.8 Å². The van der Waals surface area contributed by atoms with E-state index in [1.165, 1.54) is 4.90 Å². The van der Waals surface area contributed by atoms with Crippen LogP contribution in [-0.2, 0) is 16.1 Å². The third-order valence-electron chi connectivity index (χ3n) is 5.67. The minimum Gasteiger partial charge on any atom is -0.454 e. The lowest BCUT2D eigenvalue weighted by Crippen LogP contribution is -2.32. The van der Waals surface area contributed by atoms with Gasteiger partial charge in [0.25, 0.3) is 11.8 Å². The molecule has 1 aromatic heterocycles. The maximum absolute atomic E-state index is 13.4. The first-order chi connectivity index (χ1) is 15.5. The lowest BCUT2D eigenvalue weighted by molar-refractivity contribution is -0.137. The summed E-state index contributed by atoms with van der Waals surface area (Å²) in [5.74, 6) is 0.508. The van der Waals surface area contributed by atoms with E-state index in [9.17, 15) is 9.59 Å². The maximum Gasteiger partial charge on any atom is 0.278 e. The molecule has 160 valence electrons. The number of imide groups is 1. The molecule has 7 heteroatoms. The minimum absolute atomic E-state index is 0.145. The fourth-order valence-electron chi connectivity index (χ4n) is 3.79. The van der Waals surface area contributed by atoms with Gasteiger partial charge in [-0.25, -0.2) is 0 Å². The summed E-state index contributed by atoms with van der Waals surface area (Å²) >= 11 is 0. The van der Waals surface area contributed by atoms with Crippen molar-refractivity contribution >= 4 is 23.1 Å². The van der Waals surface area contributed by atoms with Crippen LogP contribution in [0.5, 0.6) is 11.5 Å². The van der Waals surface area contributed by atoms with Crippen LogP contribution in [-0.4, -0.2) is 28.5 Å². The Morgan fingerprint density at radius 3 is 2.59 bits per heavy atom. The van der Waals surface area contributed by atoms with E-state index < -0.39 is 0 Å². The second-order valence-electron chi connectivity index (χ2n) is 7.80. The number of hydrogen-bond donors (Lipinski definition) is 1. The molecule has 0 unspecified atom stereocenters. The number of pyridine rings is 1. The number of aryl methyl sites for hydroxylation is 2. The van der Waals surface area contributed by atoms with Crippen molar-refractivity contribution in [3.8, 4) is 11.5 Å². The highest BCUT2D eigenvalue weighted by molar-refractivity contribution is 6.36. The minimum atomic E-state index is -0.384. The van der Waals surface area contributed by atoms with Gasteiger partial charge in [-0.05, 0) is 54.3 Å². The third-order valence-corrected chi connectivity index (χ3v) is 5.67. The highest BCUT2D eigenvalue weighted by atomic mass is 16.7. The lowest BCUT2D eigenvalue weighted by atomic mass is 9.99. The zero-order valence-electron chi connectivity index (χ0n) is 17.7. The molecule has 3 aromatic rings. The number of benzene rings is 2. The van der Waals surface area contributed by atoms with Crippen molar-refractivity contribution in [1.29, 1.82) is 0 Å². The number of anilines is 1. The Balaban J connectivity index is 1.55. The summed E-state index contributed by atoms with van der Waals surface area (Å²) in [7, 11) is 0. The SMILES string of the molecule is Cc1ccc(C2=C(Nc3ccc4c(c3)OCO4)C(=O)N(Cc3cccnc3)C2=O)cc1C. The molecule has 0 saturated heterocycles. The molecule has 0 atom stereocenters. The predicted octanol–water partition coefficient (Wildman–Crippen LogP) is 3.82. The summed E-state index contributed by atoms with van der Waals surface area (Å²) in [6.45, 7) is 4.30. The van der Waals surface area contributed by atoms with Gasteiger partial charge in [-0.2, -0.15) is 0 Å². The monoisotopic (exact) mass is 427 g/mol. The van der Waals surface area contributed by atoms with Crippen LogP contribution in [0.4, 0.5) is 5.69 Å². The van der Waals surface area contributed by atoms with Gasteiger partial charge >= 0.3 is 0 Å². The normalized spacial score (nSPS) is 15.0. The number of carbonyl (C=O) groups excluding carboxylic acids is 2. The zero-order chi connectivity index (χ0) is 22.2. The average Bonchev–Trinajstić information content (AvgIpc) is 3.35. The molecule has 0 saturated carbocycles.